The van der Waals surface area contributed by atoms with Gasteiger partial charge in [-0.2, -0.15) is 0 Å². The molecule has 1 unspecified atom stereocenters. The predicted molar refractivity (Wildman–Crippen MR) is 98.6 cm³/mol. The van der Waals surface area contributed by atoms with E-state index in [4.69, 9.17) is 5.84 Å². The average molecular weight is 346 g/mol. The van der Waals surface area contributed by atoms with E-state index in [1.807, 2.05) is 91.0 Å². The second kappa shape index (κ2) is 6.39. The highest BCUT2D eigenvalue weighted by Gasteiger charge is 2.60. The van der Waals surface area contributed by atoms with Crippen LogP contribution in [0, 0.1) is 5.92 Å². The molecular weight excluding hydrogens is 327 g/mol. The van der Waals surface area contributed by atoms with E-state index in [9.17, 15) is 9.18 Å². The zero-order valence-corrected chi connectivity index (χ0v) is 14.1. The molecule has 3 aromatic carbocycles. The number of carbonyl (C=O) groups excluding carboxylic acids is 1. The Labute approximate surface area is 151 Å². The van der Waals surface area contributed by atoms with Gasteiger partial charge in [0, 0.05) is 0 Å². The lowest BCUT2D eigenvalue weighted by molar-refractivity contribution is -0.174. The topological polar surface area (TPSA) is 46.3 Å². The number of carbonyl (C=O) groups is 1. The minimum atomic E-state index is -1.55. The number of hydrogen-bond acceptors (Lipinski definition) is 2. The van der Waals surface area contributed by atoms with Crippen molar-refractivity contribution in [2.45, 2.75) is 11.7 Å². The Morgan fingerprint density at radius 2 is 1.08 bits per heavy atom. The Hall–Kier alpha value is -2.98. The number of alkyl halides is 1. The second-order valence-electron chi connectivity index (χ2n) is 6.50. The van der Waals surface area contributed by atoms with Gasteiger partial charge in [0.05, 0.1) is 5.41 Å². The monoisotopic (exact) mass is 346 g/mol. The number of hydrazine groups is 1. The van der Waals surface area contributed by atoms with Crippen molar-refractivity contribution in [3.63, 3.8) is 0 Å². The number of rotatable bonds is 4. The average Bonchev–Trinajstić information content (AvgIpc) is 2.73. The Bertz CT molecular complexity index is 803. The third-order valence-electron chi connectivity index (χ3n) is 5.22. The molecule has 0 radical (unpaired) electrons. The van der Waals surface area contributed by atoms with Gasteiger partial charge >= 0.3 is 0 Å². The van der Waals surface area contributed by atoms with E-state index < -0.39 is 23.5 Å². The van der Waals surface area contributed by atoms with E-state index in [0.29, 0.717) is 5.01 Å². The van der Waals surface area contributed by atoms with Gasteiger partial charge in [-0.3, -0.25) is 4.79 Å². The third kappa shape index (κ3) is 2.26. The lowest BCUT2D eigenvalue weighted by Crippen LogP contribution is -2.68. The molecule has 0 bridgehead atoms. The van der Waals surface area contributed by atoms with Crippen LogP contribution in [0.5, 0.6) is 0 Å². The highest BCUT2D eigenvalue weighted by Crippen LogP contribution is 2.51. The molecule has 1 heterocycles. The van der Waals surface area contributed by atoms with Crippen LogP contribution in [0.4, 0.5) is 4.39 Å². The van der Waals surface area contributed by atoms with Crippen LogP contribution < -0.4 is 5.84 Å². The minimum Gasteiger partial charge on any atom is -0.273 e. The van der Waals surface area contributed by atoms with Gasteiger partial charge < -0.3 is 0 Å². The first kappa shape index (κ1) is 16.5. The molecule has 0 saturated carbocycles. The number of nitrogens with zero attached hydrogens (tertiary/aromatic N) is 1. The van der Waals surface area contributed by atoms with Crippen molar-refractivity contribution in [1.29, 1.82) is 0 Å². The van der Waals surface area contributed by atoms with Crippen LogP contribution in [-0.4, -0.2) is 17.2 Å². The number of amides is 1. The first-order valence-corrected chi connectivity index (χ1v) is 8.56. The molecular formula is C22H19FN2O. The van der Waals surface area contributed by atoms with Crippen LogP contribution in [0.15, 0.2) is 91.0 Å². The summed E-state index contributed by atoms with van der Waals surface area (Å²) < 4.78 is 15.0. The van der Waals surface area contributed by atoms with E-state index in [1.165, 1.54) is 0 Å². The van der Waals surface area contributed by atoms with Gasteiger partial charge in [0.25, 0.3) is 0 Å². The zero-order chi connectivity index (χ0) is 18.1. The molecule has 2 N–H and O–H groups in total. The van der Waals surface area contributed by atoms with E-state index in [2.05, 4.69) is 0 Å². The van der Waals surface area contributed by atoms with Gasteiger partial charge in [-0.05, 0) is 16.7 Å². The van der Waals surface area contributed by atoms with E-state index in [1.54, 1.807) is 0 Å². The van der Waals surface area contributed by atoms with Gasteiger partial charge in [-0.1, -0.05) is 91.0 Å². The molecule has 1 aliphatic rings. The summed E-state index contributed by atoms with van der Waals surface area (Å²) in [6.07, 6.45) is -1.55. The molecule has 3 nitrogen and oxygen atoms in total. The lowest BCUT2D eigenvalue weighted by atomic mass is 9.59. The van der Waals surface area contributed by atoms with Gasteiger partial charge in [-0.25, -0.2) is 15.2 Å². The SMILES string of the molecule is NN1C(=O)[C@H](C(c2ccccc2)(c2ccccc2)c2ccccc2)C1F. The molecule has 4 heteroatoms. The molecule has 2 atom stereocenters. The van der Waals surface area contributed by atoms with Crippen molar-refractivity contribution in [2.24, 2.45) is 11.8 Å². The maximum absolute atomic E-state index is 15.0. The molecule has 1 saturated heterocycles. The fourth-order valence-electron chi connectivity index (χ4n) is 4.01. The third-order valence-corrected chi connectivity index (χ3v) is 5.22. The van der Waals surface area contributed by atoms with E-state index in [0.717, 1.165) is 16.7 Å². The van der Waals surface area contributed by atoms with Crippen molar-refractivity contribution >= 4 is 5.91 Å². The largest absolute Gasteiger partial charge is 0.273 e. The summed E-state index contributed by atoms with van der Waals surface area (Å²) in [5.41, 5.74) is 1.65. The number of β-lactam (4-membered cyclic amide) rings is 1. The first-order chi connectivity index (χ1) is 12.7. The van der Waals surface area contributed by atoms with Crippen LogP contribution >= 0.6 is 0 Å². The summed E-state index contributed by atoms with van der Waals surface area (Å²) in [5.74, 6) is 4.28. The van der Waals surface area contributed by atoms with E-state index >= 15 is 0 Å². The van der Waals surface area contributed by atoms with E-state index in [-0.39, 0.29) is 0 Å². The summed E-state index contributed by atoms with van der Waals surface area (Å²) in [6, 6.07) is 28.9. The van der Waals surface area contributed by atoms with Crippen LogP contribution in [0.2, 0.25) is 0 Å². The lowest BCUT2D eigenvalue weighted by Gasteiger charge is -2.50. The van der Waals surface area contributed by atoms with Gasteiger partial charge in [-0.15, -0.1) is 0 Å². The molecule has 26 heavy (non-hydrogen) atoms. The van der Waals surface area contributed by atoms with Crippen molar-refractivity contribution in [2.75, 3.05) is 0 Å². The first-order valence-electron chi connectivity index (χ1n) is 8.56. The number of hydrogen-bond donors (Lipinski definition) is 1. The van der Waals surface area contributed by atoms with Crippen LogP contribution in [-0.2, 0) is 10.2 Å². The summed E-state index contributed by atoms with van der Waals surface area (Å²) in [4.78, 5) is 12.7. The quantitative estimate of drug-likeness (QED) is 0.258. The van der Waals surface area contributed by atoms with Gasteiger partial charge in [0.2, 0.25) is 12.2 Å². The molecule has 1 aliphatic heterocycles. The van der Waals surface area contributed by atoms with Crippen LogP contribution in [0.1, 0.15) is 16.7 Å². The molecule has 0 spiro atoms. The van der Waals surface area contributed by atoms with Crippen molar-refractivity contribution in [3.05, 3.63) is 108 Å². The summed E-state index contributed by atoms with van der Waals surface area (Å²) in [6.45, 7) is 0. The smallest absolute Gasteiger partial charge is 0.248 e. The molecule has 0 aliphatic carbocycles. The number of benzene rings is 3. The number of nitrogens with two attached hydrogens (primary N) is 1. The van der Waals surface area contributed by atoms with Crippen molar-refractivity contribution in [1.82, 2.24) is 5.01 Å². The standard InChI is InChI=1S/C22H19FN2O/c23-20-19(21(26)25(20)24)22(16-10-4-1-5-11-16,17-12-6-2-7-13-17)18-14-8-3-9-15-18/h1-15,19-20H,24H2/t19-,20?/m1/s1. The van der Waals surface area contributed by atoms with Crippen molar-refractivity contribution in [3.8, 4) is 0 Å². The molecule has 1 amide bonds. The summed E-state index contributed by atoms with van der Waals surface area (Å²) in [7, 11) is 0. The van der Waals surface area contributed by atoms with Gasteiger partial charge in [0.1, 0.15) is 5.92 Å². The Morgan fingerprint density at radius 3 is 1.38 bits per heavy atom. The molecule has 3 aromatic rings. The Kier molecular flexibility index (Phi) is 4.05. The van der Waals surface area contributed by atoms with Crippen LogP contribution in [0.25, 0.3) is 0 Å². The fourth-order valence-corrected chi connectivity index (χ4v) is 4.01. The maximum atomic E-state index is 15.0. The Balaban J connectivity index is 2.06. The zero-order valence-electron chi connectivity index (χ0n) is 14.1. The van der Waals surface area contributed by atoms with Crippen LogP contribution in [0.3, 0.4) is 0 Å². The normalized spacial score (nSPS) is 19.9. The van der Waals surface area contributed by atoms with Gasteiger partial charge in [0.15, 0.2) is 0 Å². The van der Waals surface area contributed by atoms with Crippen molar-refractivity contribution < 1.29 is 9.18 Å². The molecule has 1 fully saturated rings. The highest BCUT2D eigenvalue weighted by atomic mass is 19.1. The maximum Gasteiger partial charge on any atom is 0.248 e. The molecule has 4 rings (SSSR count). The molecule has 0 aromatic heterocycles. The summed E-state index contributed by atoms with van der Waals surface area (Å²) >= 11 is 0. The highest BCUT2D eigenvalue weighted by molar-refractivity contribution is 5.88. The second-order valence-corrected chi connectivity index (χ2v) is 6.50. The fraction of sp³-hybridized carbons (Fsp3) is 0.136. The Morgan fingerprint density at radius 1 is 0.731 bits per heavy atom. The number of halogens is 1. The predicted octanol–water partition coefficient (Wildman–Crippen LogP) is 3.65. The molecule has 130 valence electrons. The summed E-state index contributed by atoms with van der Waals surface area (Å²) in [5, 5.41) is 0.689. The minimum absolute atomic E-state index is 0.394.